The first-order valence-electron chi connectivity index (χ1n) is 9.24. The maximum absolute atomic E-state index is 12.8. The Morgan fingerprint density at radius 1 is 1.41 bits per heavy atom. The second-order valence-corrected chi connectivity index (χ2v) is 7.05. The fourth-order valence-electron chi connectivity index (χ4n) is 3.43. The van der Waals surface area contributed by atoms with E-state index >= 15 is 0 Å². The molecule has 1 amide bonds. The van der Waals surface area contributed by atoms with Gasteiger partial charge in [0.15, 0.2) is 0 Å². The molecule has 3 rings (SSSR count). The van der Waals surface area contributed by atoms with Gasteiger partial charge in [0.2, 0.25) is 5.91 Å². The van der Waals surface area contributed by atoms with Crippen LogP contribution in [0.2, 0.25) is 0 Å². The zero-order chi connectivity index (χ0) is 19.6. The molecule has 2 aliphatic rings. The van der Waals surface area contributed by atoms with Crippen molar-refractivity contribution in [2.45, 2.75) is 58.0 Å². The third-order valence-electron chi connectivity index (χ3n) is 4.90. The zero-order valence-electron chi connectivity index (χ0n) is 15.6. The van der Waals surface area contributed by atoms with Crippen LogP contribution in [-0.2, 0) is 11.2 Å². The molecule has 0 spiro atoms. The lowest BCUT2D eigenvalue weighted by atomic mass is 9.92. The summed E-state index contributed by atoms with van der Waals surface area (Å²) in [5.41, 5.74) is 8.52. The molecular weight excluding hydrogens is 352 g/mol. The summed E-state index contributed by atoms with van der Waals surface area (Å²) >= 11 is 0. The highest BCUT2D eigenvalue weighted by Gasteiger charge is 2.30. The van der Waals surface area contributed by atoms with Crippen molar-refractivity contribution in [2.24, 2.45) is 10.7 Å². The average Bonchev–Trinajstić information content (AvgIpc) is 3.44. The van der Waals surface area contributed by atoms with Gasteiger partial charge in [-0.15, -0.1) is 0 Å². The number of allylic oxidation sites excluding steroid dienone is 1. The zero-order valence-corrected chi connectivity index (χ0v) is 15.6. The summed E-state index contributed by atoms with van der Waals surface area (Å²) in [6.07, 6.45) is 3.99. The van der Waals surface area contributed by atoms with E-state index in [1.165, 1.54) is 13.1 Å². The maximum Gasteiger partial charge on any atom is 0.272 e. The molecule has 1 aliphatic carbocycles. The van der Waals surface area contributed by atoms with Gasteiger partial charge in [-0.2, -0.15) is 0 Å². The number of amides is 1. The fourth-order valence-corrected chi connectivity index (χ4v) is 3.43. The Bertz CT molecular complexity index is 773. The Hall–Kier alpha value is -2.44. The Morgan fingerprint density at radius 3 is 2.74 bits per heavy atom. The third-order valence-corrected chi connectivity index (χ3v) is 4.90. The van der Waals surface area contributed by atoms with Gasteiger partial charge in [0, 0.05) is 42.1 Å². The highest BCUT2D eigenvalue weighted by molar-refractivity contribution is 6.11. The minimum Gasteiger partial charge on any atom is -0.487 e. The van der Waals surface area contributed by atoms with Crippen LogP contribution in [0.15, 0.2) is 23.3 Å². The van der Waals surface area contributed by atoms with Crippen molar-refractivity contribution in [3.8, 4) is 5.75 Å². The summed E-state index contributed by atoms with van der Waals surface area (Å²) in [5, 5.41) is 0. The van der Waals surface area contributed by atoms with Crippen LogP contribution < -0.4 is 15.4 Å². The fraction of sp³-hybridized carbons (Fsp3) is 0.500. The normalized spacial score (nSPS) is 20.3. The van der Waals surface area contributed by atoms with Crippen LogP contribution >= 0.6 is 0 Å². The smallest absolute Gasteiger partial charge is 0.272 e. The van der Waals surface area contributed by atoms with Crippen molar-refractivity contribution >= 4 is 23.4 Å². The number of nitrogens with two attached hydrogens (primary N) is 1. The summed E-state index contributed by atoms with van der Waals surface area (Å²) in [5.74, 6) is 0.283. The number of anilines is 1. The van der Waals surface area contributed by atoms with Crippen LogP contribution in [0.25, 0.3) is 5.57 Å². The van der Waals surface area contributed by atoms with E-state index in [0.29, 0.717) is 35.0 Å². The Balaban J connectivity index is 2.06. The number of fused-ring (bicyclic) bond motifs is 1. The van der Waals surface area contributed by atoms with Crippen molar-refractivity contribution in [1.29, 1.82) is 0 Å². The SMILES string of the molecule is CC(=O)N1c2ccc(C(C=NC3CC3)=CN)c(OCC(F)F)c2CCC1C. The molecule has 1 aromatic carbocycles. The van der Waals surface area contributed by atoms with Crippen LogP contribution in [0.5, 0.6) is 5.75 Å². The van der Waals surface area contributed by atoms with Crippen molar-refractivity contribution in [1.82, 2.24) is 0 Å². The Labute approximate surface area is 157 Å². The summed E-state index contributed by atoms with van der Waals surface area (Å²) in [7, 11) is 0. The molecule has 27 heavy (non-hydrogen) atoms. The van der Waals surface area contributed by atoms with Gasteiger partial charge in [-0.1, -0.05) is 0 Å². The topological polar surface area (TPSA) is 67.9 Å². The van der Waals surface area contributed by atoms with Crippen LogP contribution in [0, 0.1) is 0 Å². The van der Waals surface area contributed by atoms with Gasteiger partial charge in [-0.3, -0.25) is 9.79 Å². The van der Waals surface area contributed by atoms with E-state index in [1.807, 2.05) is 13.0 Å². The van der Waals surface area contributed by atoms with Crippen molar-refractivity contribution in [2.75, 3.05) is 11.5 Å². The molecule has 0 aromatic heterocycles. The molecule has 1 aromatic rings. The second kappa shape index (κ2) is 8.06. The van der Waals surface area contributed by atoms with E-state index < -0.39 is 13.0 Å². The molecule has 1 atom stereocenters. The van der Waals surface area contributed by atoms with Crippen LogP contribution in [0.1, 0.15) is 44.2 Å². The van der Waals surface area contributed by atoms with Crippen LogP contribution in [0.3, 0.4) is 0 Å². The van der Waals surface area contributed by atoms with Gasteiger partial charge in [-0.05, 0) is 44.7 Å². The summed E-state index contributed by atoms with van der Waals surface area (Å²) < 4.78 is 31.2. The van der Waals surface area contributed by atoms with Gasteiger partial charge in [0.05, 0.1) is 11.7 Å². The maximum atomic E-state index is 12.8. The molecule has 2 N–H and O–H groups in total. The Morgan fingerprint density at radius 2 is 2.15 bits per heavy atom. The lowest BCUT2D eigenvalue weighted by Crippen LogP contribution is -2.41. The van der Waals surface area contributed by atoms with Crippen molar-refractivity contribution < 1.29 is 18.3 Å². The molecule has 7 heteroatoms. The summed E-state index contributed by atoms with van der Waals surface area (Å²) in [6.45, 7) is 2.77. The number of hydrogen-bond donors (Lipinski definition) is 1. The number of alkyl halides is 2. The third kappa shape index (κ3) is 4.28. The highest BCUT2D eigenvalue weighted by Crippen LogP contribution is 2.41. The number of benzene rings is 1. The molecular formula is C20H25F2N3O2. The highest BCUT2D eigenvalue weighted by atomic mass is 19.3. The number of aliphatic imine (C=N–C) groups is 1. The first-order chi connectivity index (χ1) is 12.9. The minimum atomic E-state index is -2.59. The van der Waals surface area contributed by atoms with Gasteiger partial charge in [-0.25, -0.2) is 8.78 Å². The van der Waals surface area contributed by atoms with Crippen LogP contribution in [-0.4, -0.2) is 37.2 Å². The predicted molar refractivity (Wildman–Crippen MR) is 103 cm³/mol. The largest absolute Gasteiger partial charge is 0.487 e. The molecule has 1 unspecified atom stereocenters. The lowest BCUT2D eigenvalue weighted by molar-refractivity contribution is -0.117. The molecule has 1 fully saturated rings. The number of halogens is 2. The molecule has 0 saturated heterocycles. The first kappa shape index (κ1) is 19.3. The molecule has 0 bridgehead atoms. The molecule has 1 heterocycles. The van der Waals surface area contributed by atoms with E-state index in [9.17, 15) is 13.6 Å². The number of carbonyl (C=O) groups is 1. The van der Waals surface area contributed by atoms with Gasteiger partial charge in [0.1, 0.15) is 12.4 Å². The number of rotatable bonds is 6. The monoisotopic (exact) mass is 377 g/mol. The van der Waals surface area contributed by atoms with E-state index in [2.05, 4.69) is 4.99 Å². The summed E-state index contributed by atoms with van der Waals surface area (Å²) in [6, 6.07) is 3.97. The standard InChI is InChI=1S/C20H25F2N3O2/c1-12-3-6-17-18(25(12)13(2)26)8-7-16(20(17)27-11-19(21)22)14(9-23)10-24-15-4-5-15/h7-10,12,15,19H,3-6,11,23H2,1-2H3. The lowest BCUT2D eigenvalue weighted by Gasteiger charge is -2.36. The van der Waals surface area contributed by atoms with Crippen LogP contribution in [0.4, 0.5) is 14.5 Å². The quantitative estimate of drug-likeness (QED) is 0.771. The molecule has 1 aliphatic heterocycles. The molecule has 146 valence electrons. The number of nitrogens with zero attached hydrogens (tertiary/aromatic N) is 2. The van der Waals surface area contributed by atoms with Crippen molar-refractivity contribution in [3.63, 3.8) is 0 Å². The van der Waals surface area contributed by atoms with Gasteiger partial charge >= 0.3 is 0 Å². The Kier molecular flexibility index (Phi) is 5.77. The average molecular weight is 377 g/mol. The van der Waals surface area contributed by atoms with E-state index in [1.54, 1.807) is 17.2 Å². The van der Waals surface area contributed by atoms with Gasteiger partial charge < -0.3 is 15.4 Å². The number of hydrogen-bond acceptors (Lipinski definition) is 4. The van der Waals surface area contributed by atoms with Gasteiger partial charge in [0.25, 0.3) is 6.43 Å². The van der Waals surface area contributed by atoms with E-state index in [0.717, 1.165) is 24.8 Å². The number of ether oxygens (including phenoxy) is 1. The van der Waals surface area contributed by atoms with Crippen molar-refractivity contribution in [3.05, 3.63) is 29.5 Å². The number of carbonyl (C=O) groups excluding carboxylic acids is 1. The first-order valence-corrected chi connectivity index (χ1v) is 9.24. The predicted octanol–water partition coefficient (Wildman–Crippen LogP) is 3.55. The van der Waals surface area contributed by atoms with E-state index in [-0.39, 0.29) is 11.9 Å². The minimum absolute atomic E-state index is 0.0461. The second-order valence-electron chi connectivity index (χ2n) is 7.05. The molecule has 1 saturated carbocycles. The molecule has 5 nitrogen and oxygen atoms in total. The molecule has 0 radical (unpaired) electrons. The summed E-state index contributed by atoms with van der Waals surface area (Å²) in [4.78, 5) is 18.3. The van der Waals surface area contributed by atoms with E-state index in [4.69, 9.17) is 10.5 Å².